The van der Waals surface area contributed by atoms with Crippen molar-refractivity contribution in [3.63, 3.8) is 0 Å². The maximum absolute atomic E-state index is 14.0. The summed E-state index contributed by atoms with van der Waals surface area (Å²) in [6.07, 6.45) is -6.19. The van der Waals surface area contributed by atoms with Gasteiger partial charge in [-0.25, -0.2) is 4.98 Å². The third kappa shape index (κ3) is 5.20. The maximum atomic E-state index is 14.0. The molecule has 7 nitrogen and oxygen atoms in total. The zero-order valence-electron chi connectivity index (χ0n) is 21.3. The van der Waals surface area contributed by atoms with Crippen LogP contribution < -0.4 is 10.3 Å². The van der Waals surface area contributed by atoms with Crippen molar-refractivity contribution in [2.75, 3.05) is 13.1 Å². The number of benzene rings is 2. The van der Waals surface area contributed by atoms with Crippen LogP contribution >= 0.6 is 0 Å². The highest BCUT2D eigenvalue weighted by molar-refractivity contribution is 5.94. The van der Waals surface area contributed by atoms with Gasteiger partial charge < -0.3 is 19.7 Å². The van der Waals surface area contributed by atoms with Crippen molar-refractivity contribution in [3.05, 3.63) is 68.8 Å². The van der Waals surface area contributed by atoms with Crippen LogP contribution in [0.4, 0.5) is 13.2 Å². The fraction of sp³-hybridized carbons (Fsp3) is 0.444. The van der Waals surface area contributed by atoms with Gasteiger partial charge in [0.15, 0.2) is 0 Å². The van der Waals surface area contributed by atoms with Crippen molar-refractivity contribution >= 4 is 16.8 Å². The summed E-state index contributed by atoms with van der Waals surface area (Å²) in [5.41, 5.74) is -1.04. The minimum Gasteiger partial charge on any atom is -0.486 e. The number of amides is 1. The van der Waals surface area contributed by atoms with Gasteiger partial charge in [-0.2, -0.15) is 13.2 Å². The Hall–Kier alpha value is -3.40. The van der Waals surface area contributed by atoms with E-state index in [0.29, 0.717) is 18.7 Å². The van der Waals surface area contributed by atoms with Crippen LogP contribution in [0, 0.1) is 25.7 Å². The van der Waals surface area contributed by atoms with Gasteiger partial charge in [0.05, 0.1) is 22.6 Å². The summed E-state index contributed by atoms with van der Waals surface area (Å²) in [4.78, 5) is 33.8. The van der Waals surface area contributed by atoms with Crippen LogP contribution in [0.2, 0.25) is 0 Å². The lowest BCUT2D eigenvalue weighted by atomic mass is 9.88. The van der Waals surface area contributed by atoms with Gasteiger partial charge >= 0.3 is 6.18 Å². The highest BCUT2D eigenvalue weighted by Gasteiger charge is 2.37. The molecule has 0 radical (unpaired) electrons. The molecule has 1 fully saturated rings. The Labute approximate surface area is 212 Å². The number of fused-ring (bicyclic) bond motifs is 1. The van der Waals surface area contributed by atoms with Gasteiger partial charge in [-0.1, -0.05) is 13.8 Å². The van der Waals surface area contributed by atoms with Gasteiger partial charge in [-0.3, -0.25) is 9.59 Å². The number of aliphatic hydroxyl groups is 1. The lowest BCUT2D eigenvalue weighted by Crippen LogP contribution is -2.49. The first kappa shape index (κ1) is 26.7. The molecule has 37 heavy (non-hydrogen) atoms. The number of rotatable bonds is 4. The van der Waals surface area contributed by atoms with Crippen LogP contribution in [0.3, 0.4) is 0 Å². The van der Waals surface area contributed by atoms with E-state index in [1.807, 2.05) is 13.8 Å². The lowest BCUT2D eigenvalue weighted by molar-refractivity contribution is -0.138. The molecule has 1 saturated heterocycles. The molecule has 3 aromatic rings. The molecule has 0 spiro atoms. The number of aromatic nitrogens is 2. The van der Waals surface area contributed by atoms with Crippen molar-refractivity contribution in [1.29, 1.82) is 0 Å². The lowest BCUT2D eigenvalue weighted by Gasteiger charge is -2.38. The van der Waals surface area contributed by atoms with Crippen LogP contribution in [0.1, 0.15) is 59.7 Å². The molecule has 1 aliphatic heterocycles. The van der Waals surface area contributed by atoms with Gasteiger partial charge in [0, 0.05) is 24.2 Å². The number of likely N-dealkylation sites (tertiary alicyclic amines) is 1. The number of nitrogens with one attached hydrogen (secondary N) is 1. The minimum absolute atomic E-state index is 0.0289. The Balaban J connectivity index is 1.62. The minimum atomic E-state index is -4.68. The number of piperidine rings is 1. The molecule has 3 atom stereocenters. The number of carbonyl (C=O) groups excluding carboxylic acids is 1. The van der Waals surface area contributed by atoms with E-state index in [0.717, 1.165) is 6.07 Å². The Morgan fingerprint density at radius 2 is 1.76 bits per heavy atom. The standard InChI is InChI=1S/C27H30F3N3O4/c1-13-11-33(12-14(2)24(13)34)26(36)18-6-8-19(9-7-18)37-16(4)22-15(3)23-21(10-20(22)27(28,29)30)31-17(5)32-25(23)35/h6-10,13-14,16,24,34H,11-12H2,1-5H3,(H,31,32,35). The average molecular weight is 518 g/mol. The number of hydrogen-bond donors (Lipinski definition) is 2. The molecule has 10 heteroatoms. The molecular weight excluding hydrogens is 487 g/mol. The molecule has 2 N–H and O–H groups in total. The Morgan fingerprint density at radius 3 is 2.32 bits per heavy atom. The quantitative estimate of drug-likeness (QED) is 0.519. The summed E-state index contributed by atoms with van der Waals surface area (Å²) < 4.78 is 47.9. The summed E-state index contributed by atoms with van der Waals surface area (Å²) in [7, 11) is 0. The molecular formula is C27H30F3N3O4. The third-order valence-corrected chi connectivity index (χ3v) is 7.01. The van der Waals surface area contributed by atoms with Gasteiger partial charge in [0.25, 0.3) is 11.5 Å². The summed E-state index contributed by atoms with van der Waals surface area (Å²) in [6.45, 7) is 9.12. The van der Waals surface area contributed by atoms with Crippen molar-refractivity contribution < 1.29 is 27.8 Å². The summed E-state index contributed by atoms with van der Waals surface area (Å²) in [5.74, 6) is 0.229. The fourth-order valence-electron chi connectivity index (χ4n) is 5.22. The average Bonchev–Trinajstić information content (AvgIpc) is 2.80. The zero-order valence-corrected chi connectivity index (χ0v) is 21.3. The molecule has 3 unspecified atom stereocenters. The molecule has 1 amide bonds. The predicted octanol–water partition coefficient (Wildman–Crippen LogP) is 4.79. The second-order valence-electron chi connectivity index (χ2n) is 9.95. The van der Waals surface area contributed by atoms with Gasteiger partial charge in [-0.15, -0.1) is 0 Å². The smallest absolute Gasteiger partial charge is 0.416 e. The van der Waals surface area contributed by atoms with Crippen molar-refractivity contribution in [1.82, 2.24) is 14.9 Å². The maximum Gasteiger partial charge on any atom is 0.416 e. The van der Waals surface area contributed by atoms with E-state index >= 15 is 0 Å². The number of halogens is 3. The van der Waals surface area contributed by atoms with E-state index < -0.39 is 29.5 Å². The summed E-state index contributed by atoms with van der Waals surface area (Å²) >= 11 is 0. The van der Waals surface area contributed by atoms with Crippen LogP contribution in [-0.2, 0) is 6.18 Å². The number of aliphatic hydroxyl groups excluding tert-OH is 1. The van der Waals surface area contributed by atoms with Crippen LogP contribution in [-0.4, -0.2) is 45.1 Å². The Morgan fingerprint density at radius 1 is 1.16 bits per heavy atom. The molecule has 2 heterocycles. The van der Waals surface area contributed by atoms with Gasteiger partial charge in [-0.05, 0) is 68.5 Å². The first-order valence-electron chi connectivity index (χ1n) is 12.1. The number of alkyl halides is 3. The Kier molecular flexibility index (Phi) is 7.07. The van der Waals surface area contributed by atoms with Crippen LogP contribution in [0.15, 0.2) is 35.1 Å². The van der Waals surface area contributed by atoms with E-state index in [9.17, 15) is 27.9 Å². The van der Waals surface area contributed by atoms with Gasteiger partial charge in [0.1, 0.15) is 17.7 Å². The zero-order chi connectivity index (χ0) is 27.2. The number of aromatic amines is 1. The van der Waals surface area contributed by atoms with E-state index in [-0.39, 0.29) is 51.3 Å². The number of carbonyl (C=O) groups is 1. The summed E-state index contributed by atoms with van der Waals surface area (Å²) in [6, 6.07) is 7.10. The number of hydrogen-bond acceptors (Lipinski definition) is 5. The molecule has 1 aromatic heterocycles. The predicted molar refractivity (Wildman–Crippen MR) is 133 cm³/mol. The van der Waals surface area contributed by atoms with E-state index in [2.05, 4.69) is 9.97 Å². The van der Waals surface area contributed by atoms with Crippen molar-refractivity contribution in [2.45, 2.75) is 53.0 Å². The molecule has 2 aromatic carbocycles. The topological polar surface area (TPSA) is 95.5 Å². The normalized spacial score (nSPS) is 21.2. The number of ether oxygens (including phenoxy) is 1. The number of H-pyrrole nitrogens is 1. The summed E-state index contributed by atoms with van der Waals surface area (Å²) in [5, 5.41) is 10.2. The van der Waals surface area contributed by atoms with Crippen LogP contribution in [0.5, 0.6) is 5.75 Å². The molecule has 0 bridgehead atoms. The second kappa shape index (κ2) is 9.81. The molecule has 198 valence electrons. The first-order chi connectivity index (χ1) is 17.3. The van der Waals surface area contributed by atoms with Crippen molar-refractivity contribution in [3.8, 4) is 5.75 Å². The van der Waals surface area contributed by atoms with E-state index in [4.69, 9.17) is 4.74 Å². The molecule has 0 aliphatic carbocycles. The first-order valence-corrected chi connectivity index (χ1v) is 12.1. The van der Waals surface area contributed by atoms with E-state index in [1.54, 1.807) is 17.0 Å². The third-order valence-electron chi connectivity index (χ3n) is 7.01. The van der Waals surface area contributed by atoms with Gasteiger partial charge in [0.2, 0.25) is 0 Å². The number of nitrogens with zero attached hydrogens (tertiary/aromatic N) is 2. The molecule has 1 aliphatic rings. The highest BCUT2D eigenvalue weighted by Crippen LogP contribution is 2.40. The molecule has 4 rings (SSSR count). The monoisotopic (exact) mass is 517 g/mol. The number of aryl methyl sites for hydroxylation is 2. The highest BCUT2D eigenvalue weighted by atomic mass is 19.4. The largest absolute Gasteiger partial charge is 0.486 e. The second-order valence-corrected chi connectivity index (χ2v) is 9.95. The molecule has 0 saturated carbocycles. The fourth-order valence-corrected chi connectivity index (χ4v) is 5.22. The SMILES string of the molecule is Cc1nc2cc(C(F)(F)F)c(C(C)Oc3ccc(C(=O)N4CC(C)C(O)C(C)C4)cc3)c(C)c2c(=O)[nH]1. The van der Waals surface area contributed by atoms with Crippen LogP contribution in [0.25, 0.3) is 10.9 Å². The Bertz CT molecular complexity index is 1370. The van der Waals surface area contributed by atoms with Crippen molar-refractivity contribution in [2.24, 2.45) is 11.8 Å². The van der Waals surface area contributed by atoms with E-state index in [1.165, 1.54) is 32.9 Å².